The van der Waals surface area contributed by atoms with E-state index >= 15 is 0 Å². The molecule has 1 aromatic carbocycles. The lowest BCUT2D eigenvalue weighted by molar-refractivity contribution is -0.171. The van der Waals surface area contributed by atoms with Gasteiger partial charge in [0.15, 0.2) is 6.61 Å². The first-order chi connectivity index (χ1) is 13.0. The molecule has 0 atom stereocenters. The number of carboxylic acids is 1. The standard InChI is InChI=1S/C18H17F3O6S/c1-11(16(25)26-10-14(22)23)9-15(24)27-17(7-2-8-17)12-3-5-13(6-4-12)28-18(19,20)21/h3-6H,1-2,7-10H2,(H,22,23). The Labute approximate surface area is 162 Å². The van der Waals surface area contributed by atoms with Crippen molar-refractivity contribution in [2.45, 2.75) is 41.7 Å². The third kappa shape index (κ3) is 6.01. The topological polar surface area (TPSA) is 89.9 Å². The van der Waals surface area contributed by atoms with Crippen molar-refractivity contribution in [1.82, 2.24) is 0 Å². The molecule has 0 saturated heterocycles. The smallest absolute Gasteiger partial charge is 0.446 e. The van der Waals surface area contributed by atoms with Crippen LogP contribution in [0.5, 0.6) is 0 Å². The maximum Gasteiger partial charge on any atom is 0.446 e. The Balaban J connectivity index is 1.98. The molecule has 0 heterocycles. The van der Waals surface area contributed by atoms with E-state index in [1.54, 1.807) is 0 Å². The van der Waals surface area contributed by atoms with Crippen molar-refractivity contribution >= 4 is 29.7 Å². The monoisotopic (exact) mass is 418 g/mol. The molecule has 0 spiro atoms. The highest BCUT2D eigenvalue weighted by atomic mass is 32.2. The Hall–Kier alpha value is -2.49. The molecule has 1 N–H and O–H groups in total. The van der Waals surface area contributed by atoms with Crippen LogP contribution in [0.1, 0.15) is 31.2 Å². The average Bonchev–Trinajstić information content (AvgIpc) is 2.55. The molecule has 1 saturated carbocycles. The summed E-state index contributed by atoms with van der Waals surface area (Å²) in [4.78, 5) is 34.1. The summed E-state index contributed by atoms with van der Waals surface area (Å²) in [6, 6.07) is 5.58. The molecule has 0 bridgehead atoms. The first kappa shape index (κ1) is 21.8. The Morgan fingerprint density at radius 1 is 1.18 bits per heavy atom. The molecule has 10 heteroatoms. The summed E-state index contributed by atoms with van der Waals surface area (Å²) in [5.74, 6) is -3.12. The van der Waals surface area contributed by atoms with E-state index in [0.29, 0.717) is 18.4 Å². The van der Waals surface area contributed by atoms with Gasteiger partial charge in [0, 0.05) is 10.5 Å². The molecule has 0 unspecified atom stereocenters. The van der Waals surface area contributed by atoms with Gasteiger partial charge in [-0.25, -0.2) is 9.59 Å². The van der Waals surface area contributed by atoms with E-state index in [0.717, 1.165) is 6.42 Å². The van der Waals surface area contributed by atoms with Crippen LogP contribution in [0.2, 0.25) is 0 Å². The fourth-order valence-corrected chi connectivity index (χ4v) is 3.18. The van der Waals surface area contributed by atoms with Crippen LogP contribution in [0.3, 0.4) is 0 Å². The number of esters is 2. The van der Waals surface area contributed by atoms with Crippen molar-refractivity contribution in [2.24, 2.45) is 0 Å². The maximum atomic E-state index is 12.4. The highest BCUT2D eigenvalue weighted by molar-refractivity contribution is 8.00. The van der Waals surface area contributed by atoms with Crippen molar-refractivity contribution < 1.29 is 42.1 Å². The molecule has 6 nitrogen and oxygen atoms in total. The quantitative estimate of drug-likeness (QED) is 0.390. The first-order valence-electron chi connectivity index (χ1n) is 8.15. The second kappa shape index (κ2) is 8.68. The molecule has 152 valence electrons. The van der Waals surface area contributed by atoms with Crippen LogP contribution in [0.25, 0.3) is 0 Å². The van der Waals surface area contributed by atoms with Gasteiger partial charge in [0.2, 0.25) is 0 Å². The summed E-state index contributed by atoms with van der Waals surface area (Å²) in [6.07, 6.45) is 1.29. The van der Waals surface area contributed by atoms with Gasteiger partial charge in [-0.3, -0.25) is 4.79 Å². The number of carbonyl (C=O) groups is 3. The number of ether oxygens (including phenoxy) is 2. The lowest BCUT2D eigenvalue weighted by Gasteiger charge is -2.41. The van der Waals surface area contributed by atoms with Gasteiger partial charge in [-0.2, -0.15) is 13.2 Å². The number of thioether (sulfide) groups is 1. The van der Waals surface area contributed by atoms with Crippen LogP contribution in [0.15, 0.2) is 41.3 Å². The third-order valence-corrected chi connectivity index (χ3v) is 4.80. The van der Waals surface area contributed by atoms with Gasteiger partial charge in [0.05, 0.1) is 6.42 Å². The van der Waals surface area contributed by atoms with Crippen molar-refractivity contribution in [3.63, 3.8) is 0 Å². The Morgan fingerprint density at radius 3 is 2.25 bits per heavy atom. The van der Waals surface area contributed by atoms with Gasteiger partial charge >= 0.3 is 23.4 Å². The van der Waals surface area contributed by atoms with Gasteiger partial charge in [-0.15, -0.1) is 0 Å². The predicted octanol–water partition coefficient (Wildman–Crippen LogP) is 3.80. The molecule has 0 radical (unpaired) electrons. The number of carbonyl (C=O) groups excluding carboxylic acids is 2. The predicted molar refractivity (Wildman–Crippen MR) is 92.3 cm³/mol. The zero-order valence-corrected chi connectivity index (χ0v) is 15.4. The van der Waals surface area contributed by atoms with Gasteiger partial charge in [0.25, 0.3) is 0 Å². The lowest BCUT2D eigenvalue weighted by atomic mass is 9.75. The number of rotatable bonds is 8. The Kier molecular flexibility index (Phi) is 6.76. The van der Waals surface area contributed by atoms with Gasteiger partial charge < -0.3 is 14.6 Å². The number of hydrogen-bond acceptors (Lipinski definition) is 6. The number of benzene rings is 1. The number of aliphatic carboxylic acids is 1. The molecule has 1 aliphatic carbocycles. The molecule has 1 fully saturated rings. The molecule has 28 heavy (non-hydrogen) atoms. The minimum atomic E-state index is -4.39. The highest BCUT2D eigenvalue weighted by Gasteiger charge is 2.43. The van der Waals surface area contributed by atoms with Gasteiger partial charge in [-0.05, 0) is 48.7 Å². The van der Waals surface area contributed by atoms with Crippen LogP contribution in [0, 0.1) is 0 Å². The minimum absolute atomic E-state index is 0.0200. The van der Waals surface area contributed by atoms with E-state index in [1.807, 2.05) is 0 Å². The molecule has 1 aliphatic rings. The summed E-state index contributed by atoms with van der Waals surface area (Å²) in [6.45, 7) is 2.54. The van der Waals surface area contributed by atoms with Crippen molar-refractivity contribution in [2.75, 3.05) is 6.61 Å². The van der Waals surface area contributed by atoms with Crippen LogP contribution < -0.4 is 0 Å². The van der Waals surface area contributed by atoms with Crippen molar-refractivity contribution in [1.29, 1.82) is 0 Å². The van der Waals surface area contributed by atoms with Crippen LogP contribution in [0.4, 0.5) is 13.2 Å². The third-order valence-electron chi connectivity index (χ3n) is 4.06. The van der Waals surface area contributed by atoms with Crippen LogP contribution in [-0.4, -0.2) is 35.1 Å². The molecule has 1 aromatic rings. The zero-order chi connectivity index (χ0) is 20.9. The van der Waals surface area contributed by atoms with Crippen molar-refractivity contribution in [3.8, 4) is 0 Å². The molecule has 0 aliphatic heterocycles. The Bertz CT molecular complexity index is 769. The van der Waals surface area contributed by atoms with E-state index in [9.17, 15) is 27.6 Å². The van der Waals surface area contributed by atoms with E-state index in [-0.39, 0.29) is 22.2 Å². The summed E-state index contributed by atoms with van der Waals surface area (Å²) in [5.41, 5.74) is -5.03. The van der Waals surface area contributed by atoms with Crippen LogP contribution >= 0.6 is 11.8 Å². The molecular formula is C18H17F3O6S. The van der Waals surface area contributed by atoms with Gasteiger partial charge in [0.1, 0.15) is 5.60 Å². The number of halogens is 3. The average molecular weight is 418 g/mol. The number of hydrogen-bond donors (Lipinski definition) is 1. The molecule has 0 aromatic heterocycles. The highest BCUT2D eigenvalue weighted by Crippen LogP contribution is 2.46. The number of alkyl halides is 3. The SMILES string of the molecule is C=C(CC(=O)OC1(c2ccc(SC(F)(F)F)cc2)CCC1)C(=O)OCC(=O)O. The fourth-order valence-electron chi connectivity index (χ4n) is 2.64. The molecular weight excluding hydrogens is 401 g/mol. The minimum Gasteiger partial charge on any atom is -0.479 e. The zero-order valence-electron chi connectivity index (χ0n) is 14.6. The van der Waals surface area contributed by atoms with Crippen LogP contribution in [-0.2, 0) is 29.5 Å². The van der Waals surface area contributed by atoms with Gasteiger partial charge in [-0.1, -0.05) is 18.7 Å². The Morgan fingerprint density at radius 2 is 1.79 bits per heavy atom. The second-order valence-electron chi connectivity index (χ2n) is 6.14. The summed E-state index contributed by atoms with van der Waals surface area (Å²) >= 11 is -0.235. The van der Waals surface area contributed by atoms with E-state index in [4.69, 9.17) is 9.84 Å². The first-order valence-corrected chi connectivity index (χ1v) is 8.97. The molecule has 0 amide bonds. The summed E-state index contributed by atoms with van der Waals surface area (Å²) < 4.78 is 47.2. The van der Waals surface area contributed by atoms with Crippen molar-refractivity contribution in [3.05, 3.63) is 42.0 Å². The molecule has 2 rings (SSSR count). The number of carboxylic acid groups (broad SMARTS) is 1. The maximum absolute atomic E-state index is 12.4. The lowest BCUT2D eigenvalue weighted by Crippen LogP contribution is -2.39. The van der Waals surface area contributed by atoms with E-state index in [1.165, 1.54) is 24.3 Å². The fraction of sp³-hybridized carbons (Fsp3) is 0.389. The normalized spacial score (nSPS) is 15.2. The summed E-state index contributed by atoms with van der Waals surface area (Å²) in [5, 5.41) is 8.46. The second-order valence-corrected chi connectivity index (χ2v) is 7.28. The van der Waals surface area contributed by atoms with E-state index in [2.05, 4.69) is 11.3 Å². The summed E-state index contributed by atoms with van der Waals surface area (Å²) in [7, 11) is 0. The van der Waals surface area contributed by atoms with E-state index < -0.39 is 42.0 Å². The largest absolute Gasteiger partial charge is 0.479 e.